The van der Waals surface area contributed by atoms with Gasteiger partial charge >= 0.3 is 0 Å². The Labute approximate surface area is 115 Å². The van der Waals surface area contributed by atoms with Crippen molar-refractivity contribution in [3.8, 4) is 17.7 Å². The van der Waals surface area contributed by atoms with Gasteiger partial charge in [-0.1, -0.05) is 12.1 Å². The molecule has 6 nitrogen and oxygen atoms in total. The van der Waals surface area contributed by atoms with Crippen LogP contribution in [0.5, 0.6) is 11.6 Å². The average Bonchev–Trinajstić information content (AvgIpc) is 2.43. The summed E-state index contributed by atoms with van der Waals surface area (Å²) in [5.74, 6) is -0.0768. The number of nitrogens with two attached hydrogens (primary N) is 2. The van der Waals surface area contributed by atoms with E-state index in [1.807, 2.05) is 0 Å². The Kier molecular flexibility index (Phi) is 3.82. The van der Waals surface area contributed by atoms with Gasteiger partial charge in [-0.05, 0) is 23.8 Å². The molecule has 0 aliphatic heterocycles. The second-order valence-electron chi connectivity index (χ2n) is 4.07. The Hall–Kier alpha value is -3.07. The molecular weight excluding hydrogens is 256 g/mol. The number of carbonyl (C=O) groups excluding carboxylic acids is 1. The van der Waals surface area contributed by atoms with Gasteiger partial charge in [0.2, 0.25) is 5.88 Å². The molecule has 0 radical (unpaired) electrons. The number of benzene rings is 1. The number of nitrogens with zero attached hydrogens (tertiary/aromatic N) is 2. The van der Waals surface area contributed by atoms with Crippen LogP contribution in [-0.2, 0) is 6.42 Å². The van der Waals surface area contributed by atoms with Crippen molar-refractivity contribution in [3.63, 3.8) is 0 Å². The van der Waals surface area contributed by atoms with Crippen LogP contribution < -0.4 is 16.2 Å². The SMILES string of the molecule is N#CCc1ccc(Oc2ncc(N)cc2C(N)=O)cc1. The Bertz CT molecular complexity index is 675. The minimum Gasteiger partial charge on any atom is -0.438 e. The first-order valence-corrected chi connectivity index (χ1v) is 5.79. The highest BCUT2D eigenvalue weighted by Gasteiger charge is 2.12. The number of rotatable bonds is 4. The topological polar surface area (TPSA) is 115 Å². The highest BCUT2D eigenvalue weighted by Crippen LogP contribution is 2.24. The summed E-state index contributed by atoms with van der Waals surface area (Å²) in [6.45, 7) is 0. The third-order valence-electron chi connectivity index (χ3n) is 2.56. The zero-order valence-corrected chi connectivity index (χ0v) is 10.5. The number of nitrogen functional groups attached to an aromatic ring is 1. The fourth-order valence-electron chi connectivity index (χ4n) is 1.60. The Morgan fingerprint density at radius 1 is 1.35 bits per heavy atom. The number of aromatic nitrogens is 1. The molecule has 0 spiro atoms. The molecule has 20 heavy (non-hydrogen) atoms. The summed E-state index contributed by atoms with van der Waals surface area (Å²) in [7, 11) is 0. The monoisotopic (exact) mass is 268 g/mol. The molecule has 1 amide bonds. The van der Waals surface area contributed by atoms with E-state index in [1.165, 1.54) is 12.3 Å². The summed E-state index contributed by atoms with van der Waals surface area (Å²) in [5, 5.41) is 8.59. The van der Waals surface area contributed by atoms with E-state index < -0.39 is 5.91 Å². The highest BCUT2D eigenvalue weighted by atomic mass is 16.5. The average molecular weight is 268 g/mol. The van der Waals surface area contributed by atoms with Crippen LogP contribution in [0.25, 0.3) is 0 Å². The predicted molar refractivity (Wildman–Crippen MR) is 73.0 cm³/mol. The van der Waals surface area contributed by atoms with Gasteiger partial charge in [0.05, 0.1) is 24.4 Å². The lowest BCUT2D eigenvalue weighted by atomic mass is 10.2. The molecule has 6 heteroatoms. The summed E-state index contributed by atoms with van der Waals surface area (Å²) in [5.41, 5.74) is 12.1. The molecule has 0 aliphatic rings. The third kappa shape index (κ3) is 3.03. The number of amides is 1. The molecule has 2 rings (SSSR count). The van der Waals surface area contributed by atoms with E-state index in [2.05, 4.69) is 11.1 Å². The van der Waals surface area contributed by atoms with Crippen molar-refractivity contribution in [2.24, 2.45) is 5.73 Å². The molecule has 2 aromatic rings. The fourth-order valence-corrected chi connectivity index (χ4v) is 1.60. The van der Waals surface area contributed by atoms with Crippen LogP contribution in [0.1, 0.15) is 15.9 Å². The third-order valence-corrected chi connectivity index (χ3v) is 2.56. The number of carbonyl (C=O) groups is 1. The van der Waals surface area contributed by atoms with E-state index in [0.29, 0.717) is 17.9 Å². The summed E-state index contributed by atoms with van der Waals surface area (Å²) in [6, 6.07) is 10.4. The lowest BCUT2D eigenvalue weighted by Crippen LogP contribution is -2.13. The first-order chi connectivity index (χ1) is 9.60. The van der Waals surface area contributed by atoms with Gasteiger partial charge in [0.15, 0.2) is 0 Å². The molecule has 0 fully saturated rings. The van der Waals surface area contributed by atoms with Gasteiger partial charge in [-0.2, -0.15) is 5.26 Å². The molecule has 0 bridgehead atoms. The standard InChI is InChI=1S/C14H12N4O2/c15-6-5-9-1-3-11(4-2-9)20-14-12(13(17)19)7-10(16)8-18-14/h1-4,7-8H,5,16H2,(H2,17,19). The maximum atomic E-state index is 11.3. The van der Waals surface area contributed by atoms with E-state index in [-0.39, 0.29) is 11.4 Å². The molecule has 1 aromatic heterocycles. The minimum absolute atomic E-state index is 0.0970. The Morgan fingerprint density at radius 3 is 2.65 bits per heavy atom. The maximum absolute atomic E-state index is 11.3. The van der Waals surface area contributed by atoms with Gasteiger partial charge in [-0.3, -0.25) is 4.79 Å². The molecule has 100 valence electrons. The van der Waals surface area contributed by atoms with Gasteiger partial charge in [0.25, 0.3) is 5.91 Å². The number of pyridine rings is 1. The summed E-state index contributed by atoms with van der Waals surface area (Å²) < 4.78 is 5.51. The van der Waals surface area contributed by atoms with Gasteiger partial charge in [0, 0.05) is 0 Å². The zero-order chi connectivity index (χ0) is 14.5. The van der Waals surface area contributed by atoms with Crippen LogP contribution in [0, 0.1) is 11.3 Å². The number of hydrogen-bond donors (Lipinski definition) is 2. The van der Waals surface area contributed by atoms with Crippen LogP contribution in [0.4, 0.5) is 5.69 Å². The van der Waals surface area contributed by atoms with Gasteiger partial charge in [-0.25, -0.2) is 4.98 Å². The van der Waals surface area contributed by atoms with Crippen LogP contribution in [0.2, 0.25) is 0 Å². The molecule has 0 unspecified atom stereocenters. The number of hydrogen-bond acceptors (Lipinski definition) is 5. The van der Waals surface area contributed by atoms with Crippen molar-refractivity contribution < 1.29 is 9.53 Å². The van der Waals surface area contributed by atoms with E-state index in [9.17, 15) is 4.79 Å². The van der Waals surface area contributed by atoms with E-state index in [1.54, 1.807) is 24.3 Å². The van der Waals surface area contributed by atoms with Gasteiger partial charge in [0.1, 0.15) is 11.3 Å². The molecule has 1 heterocycles. The molecule has 0 saturated carbocycles. The summed E-state index contributed by atoms with van der Waals surface area (Å²) >= 11 is 0. The number of nitriles is 1. The molecule has 0 saturated heterocycles. The molecule has 4 N–H and O–H groups in total. The molecule has 1 aromatic carbocycles. The van der Waals surface area contributed by atoms with Crippen molar-refractivity contribution in [3.05, 3.63) is 47.7 Å². The van der Waals surface area contributed by atoms with E-state index in [0.717, 1.165) is 5.56 Å². The smallest absolute Gasteiger partial charge is 0.254 e. The molecule has 0 atom stereocenters. The summed E-state index contributed by atoms with van der Waals surface area (Å²) in [4.78, 5) is 15.3. The van der Waals surface area contributed by atoms with Crippen molar-refractivity contribution in [1.29, 1.82) is 5.26 Å². The van der Waals surface area contributed by atoms with Crippen molar-refractivity contribution in [2.75, 3.05) is 5.73 Å². The van der Waals surface area contributed by atoms with Crippen LogP contribution in [0.3, 0.4) is 0 Å². The predicted octanol–water partition coefficient (Wildman–Crippen LogP) is 1.62. The number of primary amides is 1. The largest absolute Gasteiger partial charge is 0.438 e. The second kappa shape index (κ2) is 5.71. The quantitative estimate of drug-likeness (QED) is 0.874. The van der Waals surface area contributed by atoms with Crippen molar-refractivity contribution in [1.82, 2.24) is 4.98 Å². The van der Waals surface area contributed by atoms with Crippen LogP contribution >= 0.6 is 0 Å². The molecular formula is C14H12N4O2. The zero-order valence-electron chi connectivity index (χ0n) is 10.5. The first-order valence-electron chi connectivity index (χ1n) is 5.79. The van der Waals surface area contributed by atoms with Crippen LogP contribution in [-0.4, -0.2) is 10.9 Å². The molecule has 0 aliphatic carbocycles. The fraction of sp³-hybridized carbons (Fsp3) is 0.0714. The normalized spacial score (nSPS) is 9.75. The lowest BCUT2D eigenvalue weighted by Gasteiger charge is -2.08. The highest BCUT2D eigenvalue weighted by molar-refractivity contribution is 5.95. The minimum atomic E-state index is -0.666. The Morgan fingerprint density at radius 2 is 2.05 bits per heavy atom. The van der Waals surface area contributed by atoms with Gasteiger partial charge < -0.3 is 16.2 Å². The number of anilines is 1. The van der Waals surface area contributed by atoms with Gasteiger partial charge in [-0.15, -0.1) is 0 Å². The van der Waals surface area contributed by atoms with Crippen LogP contribution in [0.15, 0.2) is 36.5 Å². The summed E-state index contributed by atoms with van der Waals surface area (Å²) in [6.07, 6.45) is 1.71. The van der Waals surface area contributed by atoms with Crippen molar-refractivity contribution >= 4 is 11.6 Å². The Balaban J connectivity index is 2.26. The second-order valence-corrected chi connectivity index (χ2v) is 4.07. The first kappa shape index (κ1) is 13.4. The van der Waals surface area contributed by atoms with Crippen molar-refractivity contribution in [2.45, 2.75) is 6.42 Å². The van der Waals surface area contributed by atoms with E-state index >= 15 is 0 Å². The lowest BCUT2D eigenvalue weighted by molar-refractivity contribution is 0.0997. The van der Waals surface area contributed by atoms with E-state index in [4.69, 9.17) is 21.5 Å². The maximum Gasteiger partial charge on any atom is 0.254 e. The number of ether oxygens (including phenoxy) is 1.